The van der Waals surface area contributed by atoms with Gasteiger partial charge in [-0.3, -0.25) is 9.80 Å². The second-order valence-electron chi connectivity index (χ2n) is 2.39. The highest BCUT2D eigenvalue weighted by Gasteiger charge is 2.05. The number of rotatable bonds is 3. The van der Waals surface area contributed by atoms with Crippen LogP contribution >= 0.6 is 0 Å². The van der Waals surface area contributed by atoms with Crippen molar-refractivity contribution in [3.8, 4) is 0 Å². The van der Waals surface area contributed by atoms with Crippen LogP contribution in [0, 0.1) is 0 Å². The molecule has 0 saturated carbocycles. The normalized spacial score (nSPS) is 14.4. The highest BCUT2D eigenvalue weighted by atomic mass is 16.5. The van der Waals surface area contributed by atoms with Crippen LogP contribution in [-0.2, 0) is 9.53 Å². The van der Waals surface area contributed by atoms with E-state index in [-0.39, 0.29) is 12.5 Å². The molecule has 0 bridgehead atoms. The van der Waals surface area contributed by atoms with Crippen LogP contribution in [-0.4, -0.2) is 30.3 Å². The molecule has 1 aliphatic rings. The number of esters is 1. The molecule has 0 fully saturated rings. The molecule has 1 aliphatic heterocycles. The smallest absolute Gasteiger partial charge is 0.327 e. The molecule has 0 radical (unpaired) electrons. The minimum atomic E-state index is -0.272. The highest BCUT2D eigenvalue weighted by Crippen LogP contribution is 1.96. The van der Waals surface area contributed by atoms with Gasteiger partial charge in [0.1, 0.15) is 6.54 Å². The summed E-state index contributed by atoms with van der Waals surface area (Å²) >= 11 is 0. The zero-order valence-electron chi connectivity index (χ0n) is 7.51. The molecule has 0 atom stereocenters. The summed E-state index contributed by atoms with van der Waals surface area (Å²) in [6.45, 7) is 2.34. The molecule has 4 heteroatoms. The number of carbonyl (C=O) groups excluding carboxylic acids is 1. The summed E-state index contributed by atoms with van der Waals surface area (Å²) in [5, 5.41) is 5.51. The first-order valence-corrected chi connectivity index (χ1v) is 4.12. The van der Waals surface area contributed by atoms with Crippen molar-refractivity contribution in [3.63, 3.8) is 0 Å². The van der Waals surface area contributed by atoms with Crippen molar-refractivity contribution in [2.75, 3.05) is 13.2 Å². The number of allylic oxidation sites excluding steroid dienone is 3. The van der Waals surface area contributed by atoms with E-state index in [9.17, 15) is 4.79 Å². The van der Waals surface area contributed by atoms with E-state index >= 15 is 0 Å². The summed E-state index contributed by atoms with van der Waals surface area (Å²) in [6.07, 6.45) is 8.79. The van der Waals surface area contributed by atoms with Gasteiger partial charge in [0.2, 0.25) is 0 Å². The van der Waals surface area contributed by atoms with Crippen LogP contribution in [0.4, 0.5) is 0 Å². The maximum Gasteiger partial charge on any atom is 0.327 e. The van der Waals surface area contributed by atoms with E-state index in [0.717, 1.165) is 0 Å². The van der Waals surface area contributed by atoms with Crippen LogP contribution in [0.25, 0.3) is 0 Å². The SMILES string of the molecule is CCOC(=O)CN1C=CC=CC=N1. The summed E-state index contributed by atoms with van der Waals surface area (Å²) in [7, 11) is 0. The number of hydrazone groups is 1. The van der Waals surface area contributed by atoms with Gasteiger partial charge in [-0.2, -0.15) is 5.10 Å². The molecule has 0 aromatic rings. The predicted octanol–water partition coefficient (Wildman–Crippen LogP) is 0.921. The van der Waals surface area contributed by atoms with Crippen molar-refractivity contribution in [2.24, 2.45) is 5.10 Å². The second-order valence-corrected chi connectivity index (χ2v) is 2.39. The van der Waals surface area contributed by atoms with Crippen molar-refractivity contribution in [1.29, 1.82) is 0 Å². The van der Waals surface area contributed by atoms with Crippen molar-refractivity contribution in [1.82, 2.24) is 5.01 Å². The lowest BCUT2D eigenvalue weighted by atomic mass is 10.5. The average molecular weight is 180 g/mol. The summed E-state index contributed by atoms with van der Waals surface area (Å²) in [5.74, 6) is -0.272. The molecule has 1 rings (SSSR count). The second kappa shape index (κ2) is 5.13. The fourth-order valence-corrected chi connectivity index (χ4v) is 0.858. The van der Waals surface area contributed by atoms with Crippen LogP contribution in [0.1, 0.15) is 6.92 Å². The standard InChI is InChI=1S/C9H12N2O2/c1-2-13-9(12)8-11-7-5-3-4-6-10-11/h3-7H,2,8H2,1H3. The van der Waals surface area contributed by atoms with Crippen molar-refractivity contribution >= 4 is 12.2 Å². The van der Waals surface area contributed by atoms with Crippen molar-refractivity contribution in [2.45, 2.75) is 6.92 Å². The van der Waals surface area contributed by atoms with Crippen LogP contribution in [0.3, 0.4) is 0 Å². The van der Waals surface area contributed by atoms with Crippen molar-refractivity contribution in [3.05, 3.63) is 24.4 Å². The Bertz CT molecular complexity index is 240. The van der Waals surface area contributed by atoms with E-state index in [4.69, 9.17) is 4.74 Å². The van der Waals surface area contributed by atoms with Crippen molar-refractivity contribution < 1.29 is 9.53 Å². The third kappa shape index (κ3) is 3.55. The molecule has 13 heavy (non-hydrogen) atoms. The van der Waals surface area contributed by atoms with Crippen LogP contribution < -0.4 is 0 Å². The molecular weight excluding hydrogens is 168 g/mol. The minimum absolute atomic E-state index is 0.155. The van der Waals surface area contributed by atoms with E-state index in [1.807, 2.05) is 12.2 Å². The van der Waals surface area contributed by atoms with E-state index in [0.29, 0.717) is 6.61 Å². The molecule has 4 nitrogen and oxygen atoms in total. The van der Waals surface area contributed by atoms with Crippen LogP contribution in [0.2, 0.25) is 0 Å². The third-order valence-corrected chi connectivity index (χ3v) is 1.38. The van der Waals surface area contributed by atoms with Gasteiger partial charge in [-0.15, -0.1) is 0 Å². The Morgan fingerprint density at radius 3 is 3.08 bits per heavy atom. The van der Waals surface area contributed by atoms with Gasteiger partial charge < -0.3 is 4.74 Å². The van der Waals surface area contributed by atoms with E-state index < -0.39 is 0 Å². The molecular formula is C9H12N2O2. The summed E-state index contributed by atoms with van der Waals surface area (Å²) in [5.41, 5.74) is 0. The zero-order valence-corrected chi connectivity index (χ0v) is 7.51. The maximum absolute atomic E-state index is 11.0. The van der Waals surface area contributed by atoms with Gasteiger partial charge in [0.05, 0.1) is 6.61 Å². The first-order valence-electron chi connectivity index (χ1n) is 4.12. The lowest BCUT2D eigenvalue weighted by molar-refractivity contribution is -0.143. The zero-order chi connectivity index (χ0) is 9.52. The summed E-state index contributed by atoms with van der Waals surface area (Å²) in [4.78, 5) is 11.0. The quantitative estimate of drug-likeness (QED) is 0.606. The molecule has 0 aromatic carbocycles. The van der Waals surface area contributed by atoms with Crippen LogP contribution in [0.5, 0.6) is 0 Å². The number of ether oxygens (including phenoxy) is 1. The maximum atomic E-state index is 11.0. The summed E-state index contributed by atoms with van der Waals surface area (Å²) in [6, 6.07) is 0. The molecule has 70 valence electrons. The molecule has 0 amide bonds. The molecule has 0 spiro atoms. The molecule has 0 aromatic heterocycles. The molecule has 0 N–H and O–H groups in total. The molecule has 0 aliphatic carbocycles. The molecule has 0 saturated heterocycles. The number of hydrogen-bond donors (Lipinski definition) is 0. The Kier molecular flexibility index (Phi) is 3.75. The van der Waals surface area contributed by atoms with E-state index in [1.165, 1.54) is 5.01 Å². The minimum Gasteiger partial charge on any atom is -0.465 e. The Morgan fingerprint density at radius 2 is 2.31 bits per heavy atom. The number of hydrogen-bond acceptors (Lipinski definition) is 4. The Balaban J connectivity index is 2.40. The van der Waals surface area contributed by atoms with Gasteiger partial charge in [-0.25, -0.2) is 0 Å². The monoisotopic (exact) mass is 180 g/mol. The van der Waals surface area contributed by atoms with Gasteiger partial charge in [-0.1, -0.05) is 6.08 Å². The topological polar surface area (TPSA) is 41.9 Å². The largest absolute Gasteiger partial charge is 0.465 e. The fourth-order valence-electron chi connectivity index (χ4n) is 0.858. The Hall–Kier alpha value is -1.58. The lowest BCUT2D eigenvalue weighted by Crippen LogP contribution is -2.22. The summed E-state index contributed by atoms with van der Waals surface area (Å²) < 4.78 is 4.78. The lowest BCUT2D eigenvalue weighted by Gasteiger charge is -2.11. The fraction of sp³-hybridized carbons (Fsp3) is 0.333. The average Bonchev–Trinajstić information content (AvgIpc) is 2.33. The van der Waals surface area contributed by atoms with Crippen LogP contribution in [0.15, 0.2) is 29.5 Å². The molecule has 0 unspecified atom stereocenters. The highest BCUT2D eigenvalue weighted by molar-refractivity contribution is 5.74. The predicted molar refractivity (Wildman–Crippen MR) is 50.1 cm³/mol. The van der Waals surface area contributed by atoms with Gasteiger partial charge in [0.15, 0.2) is 0 Å². The van der Waals surface area contributed by atoms with Gasteiger partial charge in [0.25, 0.3) is 0 Å². The first-order chi connectivity index (χ1) is 6.33. The van der Waals surface area contributed by atoms with Gasteiger partial charge in [-0.05, 0) is 19.1 Å². The van der Waals surface area contributed by atoms with E-state index in [2.05, 4.69) is 5.10 Å². The third-order valence-electron chi connectivity index (χ3n) is 1.38. The molecule has 1 heterocycles. The van der Waals surface area contributed by atoms with Gasteiger partial charge in [0, 0.05) is 12.4 Å². The Morgan fingerprint density at radius 1 is 1.46 bits per heavy atom. The Labute approximate surface area is 77.2 Å². The van der Waals surface area contributed by atoms with Gasteiger partial charge >= 0.3 is 5.97 Å². The first kappa shape index (κ1) is 9.51. The van der Waals surface area contributed by atoms with E-state index in [1.54, 1.807) is 25.4 Å². The number of carbonyl (C=O) groups is 1. The number of nitrogens with zero attached hydrogens (tertiary/aromatic N) is 2.